The fourth-order valence-corrected chi connectivity index (χ4v) is 2.03. The molecule has 0 spiro atoms. The van der Waals surface area contributed by atoms with Crippen LogP contribution in [0, 0.1) is 0 Å². The number of unbranched alkanes of at least 4 members (excludes halogenated alkanes) is 1. The molecule has 5 nitrogen and oxygen atoms in total. The van der Waals surface area contributed by atoms with Crippen LogP contribution in [0.1, 0.15) is 38.2 Å². The Hall–Kier alpha value is -1.59. The molecule has 0 aliphatic heterocycles. The van der Waals surface area contributed by atoms with Gasteiger partial charge < -0.3 is 20.3 Å². The molecule has 0 aliphatic rings. The van der Waals surface area contributed by atoms with Gasteiger partial charge in [0.1, 0.15) is 6.61 Å². The molecule has 1 aromatic rings. The van der Waals surface area contributed by atoms with Gasteiger partial charge in [-0.05, 0) is 18.4 Å². The number of carbonyl (C=O) groups is 1. The summed E-state index contributed by atoms with van der Waals surface area (Å²) in [5.74, 6) is 0. The first-order chi connectivity index (χ1) is 10.2. The smallest absolute Gasteiger partial charge is 0.407 e. The quantitative estimate of drug-likeness (QED) is 0.652. The van der Waals surface area contributed by atoms with Crippen molar-refractivity contribution in [1.82, 2.24) is 5.32 Å². The summed E-state index contributed by atoms with van der Waals surface area (Å²) in [7, 11) is 0. The average Bonchev–Trinajstić information content (AvgIpc) is 2.51. The normalized spacial score (nSPS) is 13.5. The van der Waals surface area contributed by atoms with Crippen LogP contribution in [-0.4, -0.2) is 35.1 Å². The van der Waals surface area contributed by atoms with Crippen molar-refractivity contribution < 1.29 is 19.7 Å². The zero-order valence-corrected chi connectivity index (χ0v) is 12.5. The lowest BCUT2D eigenvalue weighted by Crippen LogP contribution is -2.44. The van der Waals surface area contributed by atoms with Crippen molar-refractivity contribution in [1.29, 1.82) is 0 Å². The second kappa shape index (κ2) is 10.2. The average molecular weight is 295 g/mol. The molecule has 2 atom stereocenters. The van der Waals surface area contributed by atoms with Crippen LogP contribution in [0.25, 0.3) is 0 Å². The highest BCUT2D eigenvalue weighted by atomic mass is 16.5. The molecule has 0 heterocycles. The summed E-state index contributed by atoms with van der Waals surface area (Å²) in [6.45, 7) is 2.13. The van der Waals surface area contributed by atoms with Crippen LogP contribution in [0.2, 0.25) is 0 Å². The summed E-state index contributed by atoms with van der Waals surface area (Å²) < 4.78 is 5.12. The number of aliphatic hydroxyl groups excluding tert-OH is 2. The van der Waals surface area contributed by atoms with Gasteiger partial charge in [-0.3, -0.25) is 0 Å². The standard InChI is InChI=1S/C16H25NO4/c1-2-3-9-15(19)14(10-11-18)17-16(20)21-12-13-7-5-4-6-8-13/h4-8,14-15,18-19H,2-3,9-12H2,1H3,(H,17,20)/t14-,15+/m0/s1. The number of alkyl carbamates (subject to hydrolysis) is 1. The van der Waals surface area contributed by atoms with E-state index in [2.05, 4.69) is 5.32 Å². The number of amides is 1. The second-order valence-electron chi connectivity index (χ2n) is 5.03. The van der Waals surface area contributed by atoms with E-state index in [1.807, 2.05) is 37.3 Å². The Bertz CT molecular complexity index is 397. The lowest BCUT2D eigenvalue weighted by molar-refractivity contribution is 0.0849. The van der Waals surface area contributed by atoms with Gasteiger partial charge in [-0.25, -0.2) is 4.79 Å². The molecule has 21 heavy (non-hydrogen) atoms. The van der Waals surface area contributed by atoms with Gasteiger partial charge in [-0.15, -0.1) is 0 Å². The molecule has 0 saturated heterocycles. The van der Waals surface area contributed by atoms with Crippen LogP contribution >= 0.6 is 0 Å². The number of carbonyl (C=O) groups excluding carboxylic acids is 1. The molecule has 0 fully saturated rings. The first kappa shape index (κ1) is 17.5. The van der Waals surface area contributed by atoms with E-state index < -0.39 is 18.2 Å². The topological polar surface area (TPSA) is 78.8 Å². The third-order valence-corrected chi connectivity index (χ3v) is 3.27. The minimum absolute atomic E-state index is 0.0905. The van der Waals surface area contributed by atoms with Crippen molar-refractivity contribution in [2.45, 2.75) is 51.4 Å². The first-order valence-corrected chi connectivity index (χ1v) is 7.43. The van der Waals surface area contributed by atoms with Crippen molar-refractivity contribution >= 4 is 6.09 Å². The number of nitrogens with one attached hydrogen (secondary N) is 1. The van der Waals surface area contributed by atoms with Crippen LogP contribution < -0.4 is 5.32 Å². The van der Waals surface area contributed by atoms with Gasteiger partial charge in [0, 0.05) is 6.61 Å². The van der Waals surface area contributed by atoms with Crippen molar-refractivity contribution in [3.8, 4) is 0 Å². The summed E-state index contributed by atoms with van der Waals surface area (Å²) >= 11 is 0. The molecule has 0 aromatic heterocycles. The van der Waals surface area contributed by atoms with E-state index in [4.69, 9.17) is 9.84 Å². The van der Waals surface area contributed by atoms with Gasteiger partial charge in [0.15, 0.2) is 0 Å². The Morgan fingerprint density at radius 2 is 2.00 bits per heavy atom. The van der Waals surface area contributed by atoms with Crippen molar-refractivity contribution in [3.05, 3.63) is 35.9 Å². The van der Waals surface area contributed by atoms with E-state index in [1.165, 1.54) is 0 Å². The molecule has 0 unspecified atom stereocenters. The van der Waals surface area contributed by atoms with Gasteiger partial charge in [0.25, 0.3) is 0 Å². The zero-order chi connectivity index (χ0) is 15.5. The predicted octanol–water partition coefficient (Wildman–Crippen LogP) is 2.21. The lowest BCUT2D eigenvalue weighted by atomic mass is 10.0. The molecular formula is C16H25NO4. The minimum Gasteiger partial charge on any atom is -0.445 e. The molecule has 1 amide bonds. The molecule has 3 N–H and O–H groups in total. The van der Waals surface area contributed by atoms with Crippen molar-refractivity contribution in [3.63, 3.8) is 0 Å². The van der Waals surface area contributed by atoms with Crippen LogP contribution in [0.4, 0.5) is 4.79 Å². The van der Waals surface area contributed by atoms with E-state index in [-0.39, 0.29) is 13.2 Å². The Balaban J connectivity index is 2.40. The number of ether oxygens (including phenoxy) is 1. The maximum Gasteiger partial charge on any atom is 0.407 e. The number of hydrogen-bond acceptors (Lipinski definition) is 4. The molecule has 0 saturated carbocycles. The fourth-order valence-electron chi connectivity index (χ4n) is 2.03. The molecule has 1 aromatic carbocycles. The van der Waals surface area contributed by atoms with Gasteiger partial charge in [-0.1, -0.05) is 50.1 Å². The van der Waals surface area contributed by atoms with E-state index in [0.29, 0.717) is 12.8 Å². The third-order valence-electron chi connectivity index (χ3n) is 3.27. The predicted molar refractivity (Wildman–Crippen MR) is 80.8 cm³/mol. The second-order valence-corrected chi connectivity index (χ2v) is 5.03. The van der Waals surface area contributed by atoms with Crippen molar-refractivity contribution in [2.75, 3.05) is 6.61 Å². The van der Waals surface area contributed by atoms with Crippen LogP contribution in [-0.2, 0) is 11.3 Å². The van der Waals surface area contributed by atoms with Crippen molar-refractivity contribution in [2.24, 2.45) is 0 Å². The Morgan fingerprint density at radius 1 is 1.29 bits per heavy atom. The minimum atomic E-state index is -0.665. The molecule has 0 aliphatic carbocycles. The van der Waals surface area contributed by atoms with E-state index >= 15 is 0 Å². The SMILES string of the molecule is CCCC[C@@H](O)[C@H](CCO)NC(=O)OCc1ccccc1. The van der Waals surface area contributed by atoms with Crippen LogP contribution in [0.15, 0.2) is 30.3 Å². The Kier molecular flexibility index (Phi) is 8.47. The number of rotatable bonds is 9. The maximum atomic E-state index is 11.8. The van der Waals surface area contributed by atoms with Gasteiger partial charge >= 0.3 is 6.09 Å². The Labute approximate surface area is 125 Å². The van der Waals surface area contributed by atoms with Crippen LogP contribution in [0.5, 0.6) is 0 Å². The van der Waals surface area contributed by atoms with E-state index in [1.54, 1.807) is 0 Å². The number of aliphatic hydroxyl groups is 2. The highest BCUT2D eigenvalue weighted by Gasteiger charge is 2.21. The highest BCUT2D eigenvalue weighted by Crippen LogP contribution is 2.09. The molecule has 0 bridgehead atoms. The van der Waals surface area contributed by atoms with E-state index in [0.717, 1.165) is 18.4 Å². The lowest BCUT2D eigenvalue weighted by Gasteiger charge is -2.23. The summed E-state index contributed by atoms with van der Waals surface area (Å²) in [5.41, 5.74) is 0.901. The first-order valence-electron chi connectivity index (χ1n) is 7.43. The highest BCUT2D eigenvalue weighted by molar-refractivity contribution is 5.67. The number of hydrogen-bond donors (Lipinski definition) is 3. The van der Waals surface area contributed by atoms with E-state index in [9.17, 15) is 9.90 Å². The molecular weight excluding hydrogens is 270 g/mol. The monoisotopic (exact) mass is 295 g/mol. The van der Waals surface area contributed by atoms with Crippen LogP contribution in [0.3, 0.4) is 0 Å². The van der Waals surface area contributed by atoms with Gasteiger partial charge in [0.05, 0.1) is 12.1 Å². The number of benzene rings is 1. The maximum absolute atomic E-state index is 11.8. The largest absolute Gasteiger partial charge is 0.445 e. The van der Waals surface area contributed by atoms with Gasteiger partial charge in [-0.2, -0.15) is 0 Å². The molecule has 1 rings (SSSR count). The zero-order valence-electron chi connectivity index (χ0n) is 12.5. The third kappa shape index (κ3) is 7.11. The Morgan fingerprint density at radius 3 is 2.62 bits per heavy atom. The fraction of sp³-hybridized carbons (Fsp3) is 0.562. The molecule has 5 heteroatoms. The summed E-state index contributed by atoms with van der Waals surface area (Å²) in [6, 6.07) is 8.90. The molecule has 0 radical (unpaired) electrons. The summed E-state index contributed by atoms with van der Waals surface area (Å²) in [6.07, 6.45) is 1.52. The van der Waals surface area contributed by atoms with Gasteiger partial charge in [0.2, 0.25) is 0 Å². The molecule has 118 valence electrons. The summed E-state index contributed by atoms with van der Waals surface area (Å²) in [4.78, 5) is 11.8. The summed E-state index contributed by atoms with van der Waals surface area (Å²) in [5, 5.41) is 21.7.